The smallest absolute Gasteiger partial charge is 0.303 e. The molecule has 2 fully saturated rings. The quantitative estimate of drug-likeness (QED) is 0.143. The molecule has 2 saturated heterocycles. The van der Waals surface area contributed by atoms with E-state index in [0.717, 1.165) is 0 Å². The molecular weight excluding hydrogens is 516 g/mol. The summed E-state index contributed by atoms with van der Waals surface area (Å²) in [7, 11) is 0. The highest BCUT2D eigenvalue weighted by atomic mass is 16.5. The van der Waals surface area contributed by atoms with E-state index in [-0.39, 0.29) is 51.0 Å². The number of carbonyl (C=O) groups excluding carboxylic acids is 5. The van der Waals surface area contributed by atoms with E-state index in [0.29, 0.717) is 78.4 Å². The first-order valence-corrected chi connectivity index (χ1v) is 13.2. The summed E-state index contributed by atoms with van der Waals surface area (Å²) in [4.78, 5) is 77.2. The number of carboxylic acid groups (broad SMARTS) is 1. The number of carbonyl (C=O) groups is 6. The second-order valence-electron chi connectivity index (χ2n) is 9.24. The third-order valence-corrected chi connectivity index (χ3v) is 6.09. The molecule has 0 saturated carbocycles. The minimum atomic E-state index is -0.871. The predicted molar refractivity (Wildman–Crippen MR) is 136 cm³/mol. The molecule has 2 rings (SSSR count). The van der Waals surface area contributed by atoms with Crippen LogP contribution in [0.25, 0.3) is 0 Å². The van der Waals surface area contributed by atoms with E-state index in [4.69, 9.17) is 14.6 Å². The van der Waals surface area contributed by atoms with E-state index in [1.807, 2.05) is 0 Å². The van der Waals surface area contributed by atoms with Gasteiger partial charge in [-0.1, -0.05) is 6.42 Å². The van der Waals surface area contributed by atoms with Gasteiger partial charge in [-0.3, -0.25) is 33.7 Å². The molecule has 220 valence electrons. The standard InChI is InChI=1S/C24H40N6O9/c31-19(25-5-3-1-2-4-24(36)37)16-28(17-20(32)26-14-22(34)29-6-10-38-11-7-29)18-21(33)27-15-23(35)30-8-12-39-13-9-30/h1-18H2,(H,25,31)(H,26,32)(H,27,33)(H,36,37). The highest BCUT2D eigenvalue weighted by Crippen LogP contribution is 2.00. The lowest BCUT2D eigenvalue weighted by molar-refractivity contribution is -0.137. The summed E-state index contributed by atoms with van der Waals surface area (Å²) in [5.74, 6) is -2.85. The van der Waals surface area contributed by atoms with Crippen LogP contribution in [0.15, 0.2) is 0 Å². The lowest BCUT2D eigenvalue weighted by Crippen LogP contribution is -2.50. The molecule has 0 aromatic carbocycles. The summed E-state index contributed by atoms with van der Waals surface area (Å²) in [6.45, 7) is 2.54. The summed E-state index contributed by atoms with van der Waals surface area (Å²) < 4.78 is 10.4. The van der Waals surface area contributed by atoms with Crippen LogP contribution in [0.5, 0.6) is 0 Å². The largest absolute Gasteiger partial charge is 0.481 e. The number of rotatable bonds is 16. The Labute approximate surface area is 227 Å². The molecule has 15 heteroatoms. The van der Waals surface area contributed by atoms with E-state index >= 15 is 0 Å². The normalized spacial score (nSPS) is 15.5. The molecule has 39 heavy (non-hydrogen) atoms. The van der Waals surface area contributed by atoms with Crippen molar-refractivity contribution in [1.29, 1.82) is 0 Å². The second-order valence-corrected chi connectivity index (χ2v) is 9.24. The van der Waals surface area contributed by atoms with Gasteiger partial charge in [-0.15, -0.1) is 0 Å². The van der Waals surface area contributed by atoms with Gasteiger partial charge in [0.25, 0.3) is 0 Å². The number of unbranched alkanes of at least 4 members (excludes halogenated alkanes) is 2. The van der Waals surface area contributed by atoms with E-state index < -0.39 is 23.7 Å². The van der Waals surface area contributed by atoms with Crippen molar-refractivity contribution in [1.82, 2.24) is 30.7 Å². The Morgan fingerprint density at radius 3 is 1.51 bits per heavy atom. The molecule has 0 aromatic heterocycles. The first-order chi connectivity index (χ1) is 18.7. The molecule has 0 aromatic rings. The molecular formula is C24H40N6O9. The number of carboxylic acids is 1. The van der Waals surface area contributed by atoms with Crippen molar-refractivity contribution in [3.05, 3.63) is 0 Å². The average molecular weight is 557 g/mol. The lowest BCUT2D eigenvalue weighted by Gasteiger charge is -2.27. The van der Waals surface area contributed by atoms with E-state index in [1.54, 1.807) is 9.80 Å². The van der Waals surface area contributed by atoms with Crippen LogP contribution in [-0.2, 0) is 38.2 Å². The fourth-order valence-corrected chi connectivity index (χ4v) is 3.95. The van der Waals surface area contributed by atoms with Crippen molar-refractivity contribution in [2.45, 2.75) is 25.7 Å². The number of morpholine rings is 2. The van der Waals surface area contributed by atoms with Crippen molar-refractivity contribution >= 4 is 35.5 Å². The van der Waals surface area contributed by atoms with Crippen LogP contribution in [-0.4, -0.2) is 147 Å². The maximum Gasteiger partial charge on any atom is 0.303 e. The minimum absolute atomic E-state index is 0.0635. The molecule has 0 aliphatic carbocycles. The fraction of sp³-hybridized carbons (Fsp3) is 0.750. The summed E-state index contributed by atoms with van der Waals surface area (Å²) in [6.07, 6.45) is 1.79. The monoisotopic (exact) mass is 556 g/mol. The zero-order valence-corrected chi connectivity index (χ0v) is 22.3. The first kappa shape index (κ1) is 31.9. The molecule has 2 aliphatic heterocycles. The van der Waals surface area contributed by atoms with Crippen LogP contribution < -0.4 is 16.0 Å². The Hall–Kier alpha value is -3.30. The van der Waals surface area contributed by atoms with Crippen molar-refractivity contribution in [2.75, 3.05) is 91.9 Å². The van der Waals surface area contributed by atoms with Gasteiger partial charge in [-0.25, -0.2) is 0 Å². The van der Waals surface area contributed by atoms with E-state index in [1.165, 1.54) is 4.90 Å². The van der Waals surface area contributed by atoms with Crippen LogP contribution in [0.4, 0.5) is 0 Å². The second kappa shape index (κ2) is 18.1. The molecule has 0 unspecified atom stereocenters. The molecule has 15 nitrogen and oxygen atoms in total. The van der Waals surface area contributed by atoms with Crippen LogP contribution in [0.2, 0.25) is 0 Å². The van der Waals surface area contributed by atoms with Gasteiger partial charge in [-0.05, 0) is 12.8 Å². The molecule has 0 radical (unpaired) electrons. The molecule has 0 atom stereocenters. The summed E-state index contributed by atoms with van der Waals surface area (Å²) in [6, 6.07) is 0. The van der Waals surface area contributed by atoms with E-state index in [9.17, 15) is 28.8 Å². The molecule has 2 aliphatic rings. The number of ether oxygens (including phenoxy) is 2. The molecule has 0 bridgehead atoms. The molecule has 0 spiro atoms. The zero-order chi connectivity index (χ0) is 28.5. The number of hydrogen-bond donors (Lipinski definition) is 4. The zero-order valence-electron chi connectivity index (χ0n) is 22.3. The van der Waals surface area contributed by atoms with E-state index in [2.05, 4.69) is 16.0 Å². The van der Waals surface area contributed by atoms with Crippen molar-refractivity contribution in [2.24, 2.45) is 0 Å². The Morgan fingerprint density at radius 2 is 1.08 bits per heavy atom. The van der Waals surface area contributed by atoms with Crippen LogP contribution >= 0.6 is 0 Å². The number of nitrogens with zero attached hydrogens (tertiary/aromatic N) is 3. The first-order valence-electron chi connectivity index (χ1n) is 13.2. The summed E-state index contributed by atoms with van der Waals surface area (Å²) >= 11 is 0. The number of hydrogen-bond acceptors (Lipinski definition) is 9. The van der Waals surface area contributed by atoms with Gasteiger partial charge in [0.1, 0.15) is 0 Å². The van der Waals surface area contributed by atoms with Gasteiger partial charge in [0.15, 0.2) is 0 Å². The number of aliphatic carboxylic acids is 1. The highest BCUT2D eigenvalue weighted by molar-refractivity contribution is 5.88. The van der Waals surface area contributed by atoms with Crippen molar-refractivity contribution < 1.29 is 43.3 Å². The van der Waals surface area contributed by atoms with Gasteiger partial charge >= 0.3 is 5.97 Å². The van der Waals surface area contributed by atoms with Gasteiger partial charge in [0, 0.05) is 39.1 Å². The Balaban J connectivity index is 1.81. The molecule has 4 N–H and O–H groups in total. The van der Waals surface area contributed by atoms with Crippen LogP contribution in [0, 0.1) is 0 Å². The Bertz CT molecular complexity index is 796. The third-order valence-electron chi connectivity index (χ3n) is 6.09. The van der Waals surface area contributed by atoms with Gasteiger partial charge < -0.3 is 40.3 Å². The van der Waals surface area contributed by atoms with Crippen molar-refractivity contribution in [3.8, 4) is 0 Å². The molecule has 2 heterocycles. The summed E-state index contributed by atoms with van der Waals surface area (Å²) in [5, 5.41) is 16.4. The van der Waals surface area contributed by atoms with Crippen molar-refractivity contribution in [3.63, 3.8) is 0 Å². The third kappa shape index (κ3) is 13.9. The van der Waals surface area contributed by atoms with Gasteiger partial charge in [0.05, 0.1) is 59.2 Å². The average Bonchev–Trinajstić information content (AvgIpc) is 2.93. The Kier molecular flexibility index (Phi) is 14.8. The lowest BCUT2D eigenvalue weighted by atomic mass is 10.2. The Morgan fingerprint density at radius 1 is 0.641 bits per heavy atom. The molecule has 5 amide bonds. The van der Waals surface area contributed by atoms with Crippen LogP contribution in [0.1, 0.15) is 25.7 Å². The minimum Gasteiger partial charge on any atom is -0.481 e. The number of nitrogens with one attached hydrogen (secondary N) is 3. The number of amides is 5. The van der Waals surface area contributed by atoms with Gasteiger partial charge in [-0.2, -0.15) is 0 Å². The maximum absolute atomic E-state index is 12.5. The highest BCUT2D eigenvalue weighted by Gasteiger charge is 2.22. The maximum atomic E-state index is 12.5. The topological polar surface area (TPSA) is 187 Å². The fourth-order valence-electron chi connectivity index (χ4n) is 3.95. The SMILES string of the molecule is O=C(O)CCCCCNC(=O)CN(CC(=O)NCC(=O)N1CCOCC1)CC(=O)NCC(=O)N1CCOCC1. The summed E-state index contributed by atoms with van der Waals surface area (Å²) in [5.41, 5.74) is 0. The predicted octanol–water partition coefficient (Wildman–Crippen LogP) is -3.00. The van der Waals surface area contributed by atoms with Gasteiger partial charge in [0.2, 0.25) is 29.5 Å². The van der Waals surface area contributed by atoms with Crippen LogP contribution in [0.3, 0.4) is 0 Å².